The molecule has 1 aliphatic rings. The molecule has 10 heteroatoms. The summed E-state index contributed by atoms with van der Waals surface area (Å²) in [6.07, 6.45) is 2.07. The van der Waals surface area contributed by atoms with Crippen molar-refractivity contribution in [3.05, 3.63) is 45.5 Å². The predicted molar refractivity (Wildman–Crippen MR) is 120 cm³/mol. The number of benzene rings is 1. The lowest BCUT2D eigenvalue weighted by molar-refractivity contribution is -0.118. The van der Waals surface area contributed by atoms with Crippen LogP contribution in [0.5, 0.6) is 5.75 Å². The molecular formula is C20H21ClN4O3S2. The minimum atomic E-state index is -0.599. The van der Waals surface area contributed by atoms with Gasteiger partial charge in [-0.05, 0) is 61.6 Å². The minimum absolute atomic E-state index is 0.0702. The molecule has 4 rings (SSSR count). The van der Waals surface area contributed by atoms with E-state index in [1.165, 1.54) is 11.3 Å². The first-order chi connectivity index (χ1) is 14.5. The molecule has 1 aromatic carbocycles. The number of carbonyl (C=O) groups excluding carboxylic acids is 1. The Balaban J connectivity index is 1.53. The van der Waals surface area contributed by atoms with Gasteiger partial charge in [-0.25, -0.2) is 0 Å². The van der Waals surface area contributed by atoms with Crippen LogP contribution in [0.15, 0.2) is 35.7 Å². The lowest BCUT2D eigenvalue weighted by Crippen LogP contribution is -2.25. The molecule has 2 atom stereocenters. The Labute approximate surface area is 188 Å². The van der Waals surface area contributed by atoms with Gasteiger partial charge in [-0.1, -0.05) is 17.7 Å². The molecule has 2 unspecified atom stereocenters. The number of amides is 1. The van der Waals surface area contributed by atoms with Crippen LogP contribution < -0.4 is 10.1 Å². The Kier molecular flexibility index (Phi) is 6.52. The molecule has 3 aromatic rings. The molecule has 1 saturated heterocycles. The fraction of sp³-hybridized carbons (Fsp3) is 0.350. The number of hydrogen-bond acceptors (Lipinski definition) is 6. The van der Waals surface area contributed by atoms with E-state index >= 15 is 0 Å². The number of carbonyl (C=O) groups is 1. The standard InChI is InChI=1S/C20H21ClN4O3S2/c1-12(25-18(23-24-20(25)29)17-5-3-9-30-17)19(26)22-15-10-13(21)6-7-16(15)28-11-14-4-2-8-27-14/h3,5-7,9-10,12,14H,2,4,8,11H2,1H3,(H,22,26)(H,24,29). The van der Waals surface area contributed by atoms with E-state index in [9.17, 15) is 4.79 Å². The van der Waals surface area contributed by atoms with Crippen LogP contribution in [0.25, 0.3) is 10.7 Å². The average Bonchev–Trinajstić information content (AvgIpc) is 3.48. The maximum atomic E-state index is 13.1. The van der Waals surface area contributed by atoms with Crippen molar-refractivity contribution in [2.45, 2.75) is 31.9 Å². The number of aromatic amines is 1. The Bertz CT molecular complexity index is 1070. The Morgan fingerprint density at radius 1 is 1.53 bits per heavy atom. The molecule has 7 nitrogen and oxygen atoms in total. The summed E-state index contributed by atoms with van der Waals surface area (Å²) in [4.78, 5) is 14.0. The van der Waals surface area contributed by atoms with Crippen molar-refractivity contribution in [1.82, 2.24) is 14.8 Å². The van der Waals surface area contributed by atoms with E-state index in [0.29, 0.717) is 33.7 Å². The SMILES string of the molecule is CC(C(=O)Nc1cc(Cl)ccc1OCC1CCCO1)n1c(-c2cccs2)n[nH]c1=S. The van der Waals surface area contributed by atoms with Crippen LogP contribution in [0.3, 0.4) is 0 Å². The number of halogens is 1. The molecule has 0 saturated carbocycles. The summed E-state index contributed by atoms with van der Waals surface area (Å²) in [5.74, 6) is 0.915. The van der Waals surface area contributed by atoms with Crippen molar-refractivity contribution >= 4 is 46.8 Å². The number of anilines is 1. The summed E-state index contributed by atoms with van der Waals surface area (Å²) >= 11 is 13.1. The molecule has 3 heterocycles. The van der Waals surface area contributed by atoms with E-state index < -0.39 is 6.04 Å². The number of hydrogen-bond donors (Lipinski definition) is 2. The van der Waals surface area contributed by atoms with E-state index in [1.807, 2.05) is 17.5 Å². The van der Waals surface area contributed by atoms with E-state index in [-0.39, 0.29) is 12.0 Å². The van der Waals surface area contributed by atoms with Gasteiger partial charge >= 0.3 is 0 Å². The quantitative estimate of drug-likeness (QED) is 0.476. The maximum absolute atomic E-state index is 13.1. The fourth-order valence-electron chi connectivity index (χ4n) is 3.28. The van der Waals surface area contributed by atoms with E-state index in [4.69, 9.17) is 33.3 Å². The molecule has 0 radical (unpaired) electrons. The second-order valence-electron chi connectivity index (χ2n) is 6.95. The van der Waals surface area contributed by atoms with Crippen LogP contribution in [-0.2, 0) is 9.53 Å². The zero-order chi connectivity index (χ0) is 21.1. The molecule has 1 amide bonds. The highest BCUT2D eigenvalue weighted by Crippen LogP contribution is 2.31. The van der Waals surface area contributed by atoms with Gasteiger partial charge in [0.05, 0.1) is 16.7 Å². The molecule has 158 valence electrons. The topological polar surface area (TPSA) is 81.2 Å². The molecule has 2 aromatic heterocycles. The minimum Gasteiger partial charge on any atom is -0.489 e. The highest BCUT2D eigenvalue weighted by atomic mass is 35.5. The van der Waals surface area contributed by atoms with Crippen LogP contribution in [0, 0.1) is 4.77 Å². The molecule has 2 N–H and O–H groups in total. The normalized spacial score (nSPS) is 17.1. The third-order valence-corrected chi connectivity index (χ3v) is 6.25. The van der Waals surface area contributed by atoms with Crippen LogP contribution in [0.1, 0.15) is 25.8 Å². The van der Waals surface area contributed by atoms with E-state index in [1.54, 1.807) is 29.7 Å². The Morgan fingerprint density at radius 3 is 3.13 bits per heavy atom. The molecule has 0 bridgehead atoms. The third kappa shape index (κ3) is 4.59. The van der Waals surface area contributed by atoms with Gasteiger partial charge in [0, 0.05) is 11.6 Å². The van der Waals surface area contributed by atoms with Gasteiger partial charge in [0.2, 0.25) is 5.91 Å². The van der Waals surface area contributed by atoms with Crippen molar-refractivity contribution in [2.24, 2.45) is 0 Å². The lowest BCUT2D eigenvalue weighted by atomic mass is 10.2. The highest BCUT2D eigenvalue weighted by molar-refractivity contribution is 7.71. The van der Waals surface area contributed by atoms with Crippen molar-refractivity contribution in [1.29, 1.82) is 0 Å². The number of ether oxygens (including phenoxy) is 2. The predicted octanol–water partition coefficient (Wildman–Crippen LogP) is 5.08. The van der Waals surface area contributed by atoms with Gasteiger partial charge in [-0.2, -0.15) is 5.10 Å². The van der Waals surface area contributed by atoms with E-state index in [2.05, 4.69) is 15.5 Å². The van der Waals surface area contributed by atoms with Crippen molar-refractivity contribution in [3.63, 3.8) is 0 Å². The zero-order valence-electron chi connectivity index (χ0n) is 16.3. The summed E-state index contributed by atoms with van der Waals surface area (Å²) in [6.45, 7) is 2.96. The third-order valence-electron chi connectivity index (χ3n) is 4.86. The summed E-state index contributed by atoms with van der Waals surface area (Å²) in [5.41, 5.74) is 0.505. The Hall–Kier alpha value is -2.20. The smallest absolute Gasteiger partial charge is 0.247 e. The number of nitrogens with one attached hydrogen (secondary N) is 2. The van der Waals surface area contributed by atoms with Gasteiger partial charge in [0.15, 0.2) is 10.6 Å². The molecule has 1 aliphatic heterocycles. The summed E-state index contributed by atoms with van der Waals surface area (Å²) < 4.78 is 13.6. The van der Waals surface area contributed by atoms with E-state index in [0.717, 1.165) is 24.3 Å². The first-order valence-electron chi connectivity index (χ1n) is 9.58. The van der Waals surface area contributed by atoms with Gasteiger partial charge in [-0.3, -0.25) is 14.5 Å². The lowest BCUT2D eigenvalue weighted by Gasteiger charge is -2.18. The molecule has 0 aliphatic carbocycles. The monoisotopic (exact) mass is 464 g/mol. The number of rotatable bonds is 7. The van der Waals surface area contributed by atoms with Crippen LogP contribution >= 0.6 is 35.2 Å². The summed E-state index contributed by atoms with van der Waals surface area (Å²) in [6, 6.07) is 8.41. The second kappa shape index (κ2) is 9.30. The Morgan fingerprint density at radius 2 is 2.40 bits per heavy atom. The van der Waals surface area contributed by atoms with Crippen LogP contribution in [0.4, 0.5) is 5.69 Å². The molecule has 0 spiro atoms. The second-order valence-corrected chi connectivity index (χ2v) is 8.72. The largest absolute Gasteiger partial charge is 0.489 e. The number of aromatic nitrogens is 3. The first-order valence-corrected chi connectivity index (χ1v) is 11.2. The van der Waals surface area contributed by atoms with Gasteiger partial charge in [0.1, 0.15) is 18.4 Å². The van der Waals surface area contributed by atoms with Crippen molar-refractivity contribution in [2.75, 3.05) is 18.5 Å². The maximum Gasteiger partial charge on any atom is 0.247 e. The highest BCUT2D eigenvalue weighted by Gasteiger charge is 2.23. The van der Waals surface area contributed by atoms with Crippen molar-refractivity contribution in [3.8, 4) is 16.5 Å². The van der Waals surface area contributed by atoms with Crippen LogP contribution in [-0.4, -0.2) is 40.0 Å². The van der Waals surface area contributed by atoms with Gasteiger partial charge in [-0.15, -0.1) is 11.3 Å². The van der Waals surface area contributed by atoms with Gasteiger partial charge in [0.25, 0.3) is 0 Å². The average molecular weight is 465 g/mol. The van der Waals surface area contributed by atoms with Gasteiger partial charge < -0.3 is 14.8 Å². The number of thiophene rings is 1. The van der Waals surface area contributed by atoms with Crippen molar-refractivity contribution < 1.29 is 14.3 Å². The summed E-state index contributed by atoms with van der Waals surface area (Å²) in [5, 5.41) is 12.4. The molecular weight excluding hydrogens is 444 g/mol. The van der Waals surface area contributed by atoms with Crippen LogP contribution in [0.2, 0.25) is 5.02 Å². The fourth-order valence-corrected chi connectivity index (χ4v) is 4.45. The number of nitrogens with zero attached hydrogens (tertiary/aromatic N) is 2. The number of H-pyrrole nitrogens is 1. The molecule has 30 heavy (non-hydrogen) atoms. The first kappa shape index (κ1) is 21.0. The zero-order valence-corrected chi connectivity index (χ0v) is 18.6. The summed E-state index contributed by atoms with van der Waals surface area (Å²) in [7, 11) is 0. The molecule has 1 fully saturated rings.